The lowest BCUT2D eigenvalue weighted by atomic mass is 9.94. The summed E-state index contributed by atoms with van der Waals surface area (Å²) in [4.78, 5) is 2.17. The molecule has 4 rings (SSSR count). The summed E-state index contributed by atoms with van der Waals surface area (Å²) in [5.41, 5.74) is 0.0271. The minimum absolute atomic E-state index is 0.458. The van der Waals surface area contributed by atoms with Crippen LogP contribution in [-0.4, -0.2) is 43.1 Å². The van der Waals surface area contributed by atoms with Crippen molar-refractivity contribution in [3.8, 4) is 0 Å². The van der Waals surface area contributed by atoms with Crippen LogP contribution in [0.5, 0.6) is 0 Å². The van der Waals surface area contributed by atoms with E-state index in [0.717, 1.165) is 12.0 Å². The summed E-state index contributed by atoms with van der Waals surface area (Å²) < 4.78 is 28.7. The van der Waals surface area contributed by atoms with Gasteiger partial charge < -0.3 is 15.0 Å². The van der Waals surface area contributed by atoms with Crippen LogP contribution < -0.4 is 5.32 Å². The average Bonchev–Trinajstić information content (AvgIpc) is 3.11. The summed E-state index contributed by atoms with van der Waals surface area (Å²) in [5.74, 6) is 0.672. The number of hydrogen-bond donors (Lipinski definition) is 1. The normalized spacial score (nSPS) is 38.5. The molecule has 6 heteroatoms. The van der Waals surface area contributed by atoms with Crippen molar-refractivity contribution in [2.75, 3.05) is 6.26 Å². The number of sulfone groups is 1. The van der Waals surface area contributed by atoms with Gasteiger partial charge in [0.1, 0.15) is 5.76 Å². The second-order valence-corrected chi connectivity index (χ2v) is 8.17. The molecule has 0 aromatic heterocycles. The van der Waals surface area contributed by atoms with Crippen LogP contribution in [-0.2, 0) is 14.6 Å². The fourth-order valence-corrected chi connectivity index (χ4v) is 4.26. The van der Waals surface area contributed by atoms with Gasteiger partial charge in [0.25, 0.3) is 0 Å². The van der Waals surface area contributed by atoms with Crippen LogP contribution in [0.1, 0.15) is 19.3 Å². The molecule has 2 bridgehead atoms. The van der Waals surface area contributed by atoms with Gasteiger partial charge >= 0.3 is 0 Å². The highest BCUT2D eigenvalue weighted by molar-refractivity contribution is 7.91. The zero-order chi connectivity index (χ0) is 13.9. The lowest BCUT2D eigenvalue weighted by Crippen LogP contribution is -2.38. The molecule has 4 aliphatic heterocycles. The third-order valence-electron chi connectivity index (χ3n) is 4.61. The summed E-state index contributed by atoms with van der Waals surface area (Å²) in [6, 6.07) is 1.64. The minimum Gasteiger partial charge on any atom is -0.468 e. The summed E-state index contributed by atoms with van der Waals surface area (Å²) >= 11 is 0. The van der Waals surface area contributed by atoms with E-state index in [1.54, 1.807) is 6.08 Å². The predicted octanol–water partition coefficient (Wildman–Crippen LogP) is 0.877. The van der Waals surface area contributed by atoms with Crippen molar-refractivity contribution in [1.82, 2.24) is 10.2 Å². The molecule has 0 radical (unpaired) electrons. The first-order chi connectivity index (χ1) is 9.50. The lowest BCUT2D eigenvalue weighted by Gasteiger charge is -2.32. The second kappa shape index (κ2) is 4.11. The summed E-state index contributed by atoms with van der Waals surface area (Å²) in [6.45, 7) is 0. The molecule has 2 fully saturated rings. The highest BCUT2D eigenvalue weighted by atomic mass is 32.2. The molecule has 20 heavy (non-hydrogen) atoms. The number of hydrogen-bond acceptors (Lipinski definition) is 5. The molecule has 108 valence electrons. The molecule has 4 atom stereocenters. The Labute approximate surface area is 118 Å². The fraction of sp³-hybridized carbons (Fsp3) is 0.571. The Morgan fingerprint density at radius 3 is 2.90 bits per heavy atom. The Morgan fingerprint density at radius 2 is 2.25 bits per heavy atom. The SMILES string of the molecule is CS(=O)(=O)C1C=C2C=CN([C@@H]3C[C@H]4CC[C@@H]3N4)C=C2O1. The number of fused-ring (bicyclic) bond motifs is 3. The zero-order valence-electron chi connectivity index (χ0n) is 11.3. The van der Waals surface area contributed by atoms with Crippen molar-refractivity contribution in [2.45, 2.75) is 42.8 Å². The van der Waals surface area contributed by atoms with Crippen LogP contribution in [0.3, 0.4) is 0 Å². The van der Waals surface area contributed by atoms with E-state index < -0.39 is 15.3 Å². The van der Waals surface area contributed by atoms with E-state index >= 15 is 0 Å². The van der Waals surface area contributed by atoms with E-state index in [9.17, 15) is 8.42 Å². The average molecular weight is 294 g/mol. The van der Waals surface area contributed by atoms with Gasteiger partial charge in [0, 0.05) is 42.4 Å². The third kappa shape index (κ3) is 1.90. The van der Waals surface area contributed by atoms with Gasteiger partial charge in [-0.25, -0.2) is 8.42 Å². The molecule has 4 aliphatic rings. The Balaban J connectivity index is 1.56. The summed E-state index contributed by atoms with van der Waals surface area (Å²) in [7, 11) is -3.21. The Hall–Kier alpha value is -1.27. The summed E-state index contributed by atoms with van der Waals surface area (Å²) in [6.07, 6.45) is 12.5. The van der Waals surface area contributed by atoms with Gasteiger partial charge in [-0.15, -0.1) is 0 Å². The van der Waals surface area contributed by atoms with E-state index in [1.165, 1.54) is 19.1 Å². The molecule has 4 heterocycles. The van der Waals surface area contributed by atoms with E-state index in [4.69, 9.17) is 4.74 Å². The number of allylic oxidation sites excluding steroid dienone is 1. The molecule has 2 saturated heterocycles. The van der Waals surface area contributed by atoms with Crippen molar-refractivity contribution < 1.29 is 13.2 Å². The Kier molecular flexibility index (Phi) is 2.57. The number of nitrogens with one attached hydrogen (secondary N) is 1. The highest BCUT2D eigenvalue weighted by Crippen LogP contribution is 2.36. The monoisotopic (exact) mass is 294 g/mol. The standard InChI is InChI=1S/C14H18N2O3S/c1-20(17,18)14-6-9-4-5-16(8-13(9)19-14)12-7-10-2-3-11(12)15-10/h4-6,8,10-12,14-15H,2-3,7H2,1H3/t10-,11+,12-,14?/m1/s1. The molecule has 0 spiro atoms. The van der Waals surface area contributed by atoms with E-state index in [2.05, 4.69) is 10.2 Å². The highest BCUT2D eigenvalue weighted by Gasteiger charge is 2.42. The largest absolute Gasteiger partial charge is 0.468 e. The third-order valence-corrected chi connectivity index (χ3v) is 5.68. The molecule has 0 aliphatic carbocycles. The van der Waals surface area contributed by atoms with E-state index in [0.29, 0.717) is 23.9 Å². The topological polar surface area (TPSA) is 58.6 Å². The molecule has 5 nitrogen and oxygen atoms in total. The predicted molar refractivity (Wildman–Crippen MR) is 75.2 cm³/mol. The fourth-order valence-electron chi connectivity index (χ4n) is 3.59. The van der Waals surface area contributed by atoms with Gasteiger partial charge in [0.15, 0.2) is 9.84 Å². The van der Waals surface area contributed by atoms with Crippen LogP contribution in [0.2, 0.25) is 0 Å². The van der Waals surface area contributed by atoms with E-state index in [-0.39, 0.29) is 0 Å². The van der Waals surface area contributed by atoms with Crippen LogP contribution >= 0.6 is 0 Å². The maximum atomic E-state index is 11.6. The molecular weight excluding hydrogens is 276 g/mol. The maximum absolute atomic E-state index is 11.6. The van der Waals surface area contributed by atoms with Crippen molar-refractivity contribution in [2.24, 2.45) is 0 Å². The molecule has 0 saturated carbocycles. The van der Waals surface area contributed by atoms with Crippen molar-refractivity contribution in [3.63, 3.8) is 0 Å². The van der Waals surface area contributed by atoms with Gasteiger partial charge in [-0.3, -0.25) is 0 Å². The molecule has 0 aromatic carbocycles. The van der Waals surface area contributed by atoms with Gasteiger partial charge in [-0.1, -0.05) is 0 Å². The van der Waals surface area contributed by atoms with Crippen LogP contribution in [0.4, 0.5) is 0 Å². The molecule has 0 amide bonds. The van der Waals surface area contributed by atoms with Gasteiger partial charge in [-0.05, 0) is 31.4 Å². The van der Waals surface area contributed by atoms with Crippen LogP contribution in [0.25, 0.3) is 0 Å². The Bertz CT molecular complexity index is 635. The van der Waals surface area contributed by atoms with Gasteiger partial charge in [-0.2, -0.15) is 0 Å². The van der Waals surface area contributed by atoms with Crippen LogP contribution in [0.15, 0.2) is 35.9 Å². The molecule has 0 aromatic rings. The van der Waals surface area contributed by atoms with Crippen LogP contribution in [0, 0.1) is 0 Å². The van der Waals surface area contributed by atoms with Gasteiger partial charge in [0.2, 0.25) is 5.44 Å². The Morgan fingerprint density at radius 1 is 1.40 bits per heavy atom. The minimum atomic E-state index is -3.21. The molecular formula is C14H18N2O3S. The zero-order valence-corrected chi connectivity index (χ0v) is 12.1. The second-order valence-electron chi connectivity index (χ2n) is 6.04. The lowest BCUT2D eigenvalue weighted by molar-refractivity contribution is 0.221. The van der Waals surface area contributed by atoms with E-state index in [1.807, 2.05) is 18.5 Å². The first-order valence-corrected chi connectivity index (χ1v) is 8.97. The molecule has 1 unspecified atom stereocenters. The number of nitrogens with zero attached hydrogens (tertiary/aromatic N) is 1. The van der Waals surface area contributed by atoms with Crippen molar-refractivity contribution in [1.29, 1.82) is 0 Å². The first kappa shape index (κ1) is 12.5. The smallest absolute Gasteiger partial charge is 0.218 e. The van der Waals surface area contributed by atoms with Crippen molar-refractivity contribution >= 4 is 9.84 Å². The first-order valence-electron chi connectivity index (χ1n) is 7.02. The summed E-state index contributed by atoms with van der Waals surface area (Å²) in [5, 5.41) is 3.61. The van der Waals surface area contributed by atoms with Crippen molar-refractivity contribution in [3.05, 3.63) is 35.9 Å². The van der Waals surface area contributed by atoms with Gasteiger partial charge in [0.05, 0.1) is 0 Å². The number of ether oxygens (including phenoxy) is 1. The quantitative estimate of drug-likeness (QED) is 0.819. The number of rotatable bonds is 2. The maximum Gasteiger partial charge on any atom is 0.218 e. The molecule has 1 N–H and O–H groups in total.